The van der Waals surface area contributed by atoms with Gasteiger partial charge in [-0.1, -0.05) is 13.3 Å². The van der Waals surface area contributed by atoms with E-state index in [1.54, 1.807) is 0 Å². The molecule has 0 saturated heterocycles. The van der Waals surface area contributed by atoms with E-state index in [4.69, 9.17) is 5.73 Å². The van der Waals surface area contributed by atoms with E-state index in [0.29, 0.717) is 6.04 Å². The molecule has 0 aliphatic carbocycles. The van der Waals surface area contributed by atoms with Crippen molar-refractivity contribution in [3.05, 3.63) is 17.5 Å². The molecule has 1 aromatic heterocycles. The van der Waals surface area contributed by atoms with Gasteiger partial charge in [-0.15, -0.1) is 0 Å². The van der Waals surface area contributed by atoms with Gasteiger partial charge in [0.1, 0.15) is 0 Å². The van der Waals surface area contributed by atoms with Gasteiger partial charge < -0.3 is 5.73 Å². The quantitative estimate of drug-likeness (QED) is 0.802. The third-order valence-corrected chi connectivity index (χ3v) is 2.28. The monoisotopic (exact) mass is 195 g/mol. The lowest BCUT2D eigenvalue weighted by molar-refractivity contribution is 0.490. The third kappa shape index (κ3) is 2.35. The molecule has 3 nitrogen and oxygen atoms in total. The predicted molar refractivity (Wildman–Crippen MR) is 59.2 cm³/mol. The van der Waals surface area contributed by atoms with Crippen LogP contribution >= 0.6 is 0 Å². The normalized spacial score (nSPS) is 13.6. The minimum atomic E-state index is 0.0653. The number of rotatable bonds is 4. The van der Waals surface area contributed by atoms with Crippen LogP contribution in [-0.2, 0) is 6.42 Å². The summed E-state index contributed by atoms with van der Waals surface area (Å²) in [5.41, 5.74) is 8.20. The van der Waals surface area contributed by atoms with Crippen LogP contribution in [0.2, 0.25) is 0 Å². The predicted octanol–water partition coefficient (Wildman–Crippen LogP) is 2.44. The van der Waals surface area contributed by atoms with Gasteiger partial charge in [0.15, 0.2) is 0 Å². The van der Waals surface area contributed by atoms with Crippen LogP contribution in [0.4, 0.5) is 0 Å². The fraction of sp³-hybridized carbons (Fsp3) is 0.727. The Morgan fingerprint density at radius 2 is 2.07 bits per heavy atom. The minimum Gasteiger partial charge on any atom is -0.323 e. The lowest BCUT2D eigenvalue weighted by Gasteiger charge is -2.12. The summed E-state index contributed by atoms with van der Waals surface area (Å²) in [7, 11) is 0. The number of hydrogen-bond acceptors (Lipinski definition) is 2. The molecule has 80 valence electrons. The smallest absolute Gasteiger partial charge is 0.0628 e. The largest absolute Gasteiger partial charge is 0.323 e. The molecule has 0 bridgehead atoms. The maximum Gasteiger partial charge on any atom is 0.0628 e. The summed E-state index contributed by atoms with van der Waals surface area (Å²) in [5.74, 6) is 0. The van der Waals surface area contributed by atoms with Crippen LogP contribution < -0.4 is 5.73 Å². The average Bonchev–Trinajstić information content (AvgIpc) is 2.49. The zero-order valence-corrected chi connectivity index (χ0v) is 9.62. The molecule has 0 saturated carbocycles. The second-order valence-electron chi connectivity index (χ2n) is 4.14. The first-order chi connectivity index (χ1) is 6.56. The minimum absolute atomic E-state index is 0.0653. The fourth-order valence-corrected chi connectivity index (χ4v) is 1.59. The Morgan fingerprint density at radius 3 is 2.43 bits per heavy atom. The Hall–Kier alpha value is -0.830. The van der Waals surface area contributed by atoms with Gasteiger partial charge in [-0.3, -0.25) is 4.68 Å². The molecule has 0 unspecified atom stereocenters. The Balaban J connectivity index is 3.00. The van der Waals surface area contributed by atoms with Gasteiger partial charge in [-0.25, -0.2) is 0 Å². The van der Waals surface area contributed by atoms with E-state index in [1.165, 1.54) is 0 Å². The molecule has 14 heavy (non-hydrogen) atoms. The van der Waals surface area contributed by atoms with E-state index in [9.17, 15) is 0 Å². The lowest BCUT2D eigenvalue weighted by atomic mass is 10.2. The van der Waals surface area contributed by atoms with Gasteiger partial charge in [0, 0.05) is 12.1 Å². The summed E-state index contributed by atoms with van der Waals surface area (Å²) in [5, 5.41) is 4.56. The second-order valence-corrected chi connectivity index (χ2v) is 4.14. The second kappa shape index (κ2) is 4.60. The Kier molecular flexibility index (Phi) is 3.69. The van der Waals surface area contributed by atoms with Crippen LogP contribution in [0.3, 0.4) is 0 Å². The highest BCUT2D eigenvalue weighted by atomic mass is 15.3. The molecule has 0 amide bonds. The summed E-state index contributed by atoms with van der Waals surface area (Å²) in [6, 6.07) is 2.59. The van der Waals surface area contributed by atoms with Gasteiger partial charge in [-0.2, -0.15) is 5.10 Å². The highest BCUT2D eigenvalue weighted by Gasteiger charge is 2.12. The summed E-state index contributed by atoms with van der Waals surface area (Å²) >= 11 is 0. The Bertz CT molecular complexity index is 261. The van der Waals surface area contributed by atoms with E-state index in [-0.39, 0.29) is 6.04 Å². The van der Waals surface area contributed by atoms with Gasteiger partial charge in [0.2, 0.25) is 0 Å². The molecule has 0 aliphatic rings. The Morgan fingerprint density at radius 1 is 1.43 bits per heavy atom. The zero-order valence-electron chi connectivity index (χ0n) is 9.62. The van der Waals surface area contributed by atoms with Crippen molar-refractivity contribution in [1.29, 1.82) is 0 Å². The lowest BCUT2D eigenvalue weighted by Crippen LogP contribution is -2.14. The van der Waals surface area contributed by atoms with E-state index in [0.717, 1.165) is 24.2 Å². The first-order valence-corrected chi connectivity index (χ1v) is 5.40. The van der Waals surface area contributed by atoms with E-state index < -0.39 is 0 Å². The molecule has 3 heteroatoms. The third-order valence-electron chi connectivity index (χ3n) is 2.28. The first kappa shape index (κ1) is 11.2. The van der Waals surface area contributed by atoms with Crippen LogP contribution in [0.1, 0.15) is 57.6 Å². The van der Waals surface area contributed by atoms with Gasteiger partial charge in [0.25, 0.3) is 0 Å². The molecule has 0 spiro atoms. The molecule has 2 N–H and O–H groups in total. The number of hydrogen-bond donors (Lipinski definition) is 1. The highest BCUT2D eigenvalue weighted by molar-refractivity contribution is 5.14. The molecule has 0 radical (unpaired) electrons. The number of aromatic nitrogens is 2. The topological polar surface area (TPSA) is 43.8 Å². The van der Waals surface area contributed by atoms with Gasteiger partial charge in [-0.05, 0) is 33.3 Å². The zero-order chi connectivity index (χ0) is 10.7. The molecular weight excluding hydrogens is 174 g/mol. The van der Waals surface area contributed by atoms with E-state index in [1.807, 2.05) is 11.6 Å². The van der Waals surface area contributed by atoms with Crippen molar-refractivity contribution < 1.29 is 0 Å². The SMILES string of the molecule is CCCc1cc([C@@H](C)N)n(C(C)C)n1. The van der Waals surface area contributed by atoms with E-state index >= 15 is 0 Å². The van der Waals surface area contributed by atoms with Crippen molar-refractivity contribution in [2.24, 2.45) is 5.73 Å². The molecule has 1 heterocycles. The summed E-state index contributed by atoms with van der Waals surface area (Å²) in [6.45, 7) is 8.44. The fourth-order valence-electron chi connectivity index (χ4n) is 1.59. The van der Waals surface area contributed by atoms with E-state index in [2.05, 4.69) is 31.9 Å². The van der Waals surface area contributed by atoms with Gasteiger partial charge >= 0.3 is 0 Å². The van der Waals surface area contributed by atoms with Crippen molar-refractivity contribution >= 4 is 0 Å². The highest BCUT2D eigenvalue weighted by Crippen LogP contribution is 2.17. The van der Waals surface area contributed by atoms with Crippen molar-refractivity contribution in [3.8, 4) is 0 Å². The maximum atomic E-state index is 5.90. The maximum absolute atomic E-state index is 5.90. The van der Waals surface area contributed by atoms with Crippen molar-refractivity contribution in [2.75, 3.05) is 0 Å². The van der Waals surface area contributed by atoms with Crippen molar-refractivity contribution in [3.63, 3.8) is 0 Å². The summed E-state index contributed by atoms with van der Waals surface area (Å²) in [6.07, 6.45) is 2.17. The van der Waals surface area contributed by atoms with Crippen LogP contribution in [0.5, 0.6) is 0 Å². The number of nitrogens with two attached hydrogens (primary N) is 1. The van der Waals surface area contributed by atoms with Crippen molar-refractivity contribution in [1.82, 2.24) is 9.78 Å². The van der Waals surface area contributed by atoms with Crippen LogP contribution in [-0.4, -0.2) is 9.78 Å². The molecule has 1 atom stereocenters. The molecule has 1 rings (SSSR count). The van der Waals surface area contributed by atoms with Gasteiger partial charge in [0.05, 0.1) is 11.4 Å². The number of aryl methyl sites for hydroxylation is 1. The van der Waals surface area contributed by atoms with Crippen molar-refractivity contribution in [2.45, 2.75) is 52.6 Å². The molecule has 0 fully saturated rings. The van der Waals surface area contributed by atoms with Crippen LogP contribution in [0.25, 0.3) is 0 Å². The van der Waals surface area contributed by atoms with Crippen LogP contribution in [0, 0.1) is 0 Å². The summed E-state index contributed by atoms with van der Waals surface area (Å²) < 4.78 is 2.04. The molecule has 0 aliphatic heterocycles. The summed E-state index contributed by atoms with van der Waals surface area (Å²) in [4.78, 5) is 0. The molecule has 0 aromatic carbocycles. The standard InChI is InChI=1S/C11H21N3/c1-5-6-10-7-11(9(4)12)14(13-10)8(2)3/h7-9H,5-6,12H2,1-4H3/t9-/m1/s1. The average molecular weight is 195 g/mol. The van der Waals surface area contributed by atoms with Crippen LogP contribution in [0.15, 0.2) is 6.07 Å². The molecular formula is C11H21N3. The Labute approximate surface area is 86.3 Å². The number of nitrogens with zero attached hydrogens (tertiary/aromatic N) is 2. The first-order valence-electron chi connectivity index (χ1n) is 5.40. The molecule has 1 aromatic rings.